The van der Waals surface area contributed by atoms with Crippen molar-refractivity contribution in [2.45, 2.75) is 6.92 Å². The molecular formula is C18H17BrClNO5. The lowest BCUT2D eigenvalue weighted by atomic mass is 10.1. The fraction of sp³-hybridized carbons (Fsp3) is 0.278. The molecule has 0 atom stereocenters. The van der Waals surface area contributed by atoms with Crippen molar-refractivity contribution in [1.82, 2.24) is 0 Å². The maximum absolute atomic E-state index is 12.7. The number of anilines is 1. The van der Waals surface area contributed by atoms with Gasteiger partial charge in [0.1, 0.15) is 13.2 Å². The van der Waals surface area contributed by atoms with Crippen molar-refractivity contribution < 1.29 is 23.7 Å². The molecule has 1 amide bonds. The van der Waals surface area contributed by atoms with Crippen molar-refractivity contribution in [3.63, 3.8) is 0 Å². The van der Waals surface area contributed by atoms with E-state index >= 15 is 0 Å². The van der Waals surface area contributed by atoms with Gasteiger partial charge in [-0.05, 0) is 35.0 Å². The Morgan fingerprint density at radius 3 is 2.58 bits per heavy atom. The van der Waals surface area contributed by atoms with Gasteiger partial charge in [-0.3, -0.25) is 4.79 Å². The van der Waals surface area contributed by atoms with Gasteiger partial charge in [-0.1, -0.05) is 11.6 Å². The largest absolute Gasteiger partial charge is 0.493 e. The molecule has 2 aromatic rings. The van der Waals surface area contributed by atoms with Crippen LogP contribution in [0.3, 0.4) is 0 Å². The highest BCUT2D eigenvalue weighted by Gasteiger charge is 2.19. The predicted molar refractivity (Wildman–Crippen MR) is 102 cm³/mol. The van der Waals surface area contributed by atoms with Crippen LogP contribution >= 0.6 is 27.5 Å². The molecule has 1 aliphatic rings. The van der Waals surface area contributed by atoms with Gasteiger partial charge in [-0.25, -0.2) is 0 Å². The van der Waals surface area contributed by atoms with Crippen LogP contribution in [0.25, 0.3) is 0 Å². The van der Waals surface area contributed by atoms with Crippen molar-refractivity contribution in [3.05, 3.63) is 39.3 Å². The average molecular weight is 443 g/mol. The predicted octanol–water partition coefficient (Wildman–Crippen LogP) is 4.53. The number of amides is 1. The standard InChI is InChI=1S/C18H17BrClNO5/c1-3-24-17-11(19)6-10(7-16(17)23-2)18(22)21-13-9-15-14(8-12(13)20)25-4-5-26-15/h6-9H,3-5H2,1-2H3,(H,21,22). The topological polar surface area (TPSA) is 66.0 Å². The maximum atomic E-state index is 12.7. The van der Waals surface area contributed by atoms with Gasteiger partial charge in [0.25, 0.3) is 5.91 Å². The molecule has 0 saturated heterocycles. The van der Waals surface area contributed by atoms with E-state index in [1.165, 1.54) is 7.11 Å². The molecule has 26 heavy (non-hydrogen) atoms. The number of carbonyl (C=O) groups excluding carboxylic acids is 1. The summed E-state index contributed by atoms with van der Waals surface area (Å²) in [7, 11) is 1.52. The summed E-state index contributed by atoms with van der Waals surface area (Å²) in [5.41, 5.74) is 0.827. The Morgan fingerprint density at radius 2 is 1.92 bits per heavy atom. The Kier molecular flexibility index (Phi) is 5.78. The number of fused-ring (bicyclic) bond motifs is 1. The molecule has 0 radical (unpaired) electrons. The minimum Gasteiger partial charge on any atom is -0.493 e. The summed E-state index contributed by atoms with van der Waals surface area (Å²) in [6.45, 7) is 3.27. The molecule has 0 aliphatic carbocycles. The van der Waals surface area contributed by atoms with E-state index in [0.717, 1.165) is 0 Å². The molecule has 1 heterocycles. The highest BCUT2D eigenvalue weighted by atomic mass is 79.9. The number of rotatable bonds is 5. The van der Waals surface area contributed by atoms with Crippen LogP contribution in [0.2, 0.25) is 5.02 Å². The first-order valence-electron chi connectivity index (χ1n) is 7.94. The Morgan fingerprint density at radius 1 is 1.23 bits per heavy atom. The van der Waals surface area contributed by atoms with Crippen molar-refractivity contribution >= 4 is 39.1 Å². The first kappa shape index (κ1) is 18.7. The van der Waals surface area contributed by atoms with Gasteiger partial charge in [-0.15, -0.1) is 0 Å². The number of hydrogen-bond acceptors (Lipinski definition) is 5. The van der Waals surface area contributed by atoms with Gasteiger partial charge in [0.15, 0.2) is 23.0 Å². The van der Waals surface area contributed by atoms with Crippen molar-refractivity contribution in [1.29, 1.82) is 0 Å². The number of halogens is 2. The van der Waals surface area contributed by atoms with E-state index in [2.05, 4.69) is 21.2 Å². The molecule has 6 nitrogen and oxygen atoms in total. The monoisotopic (exact) mass is 441 g/mol. The Balaban J connectivity index is 1.87. The zero-order chi connectivity index (χ0) is 18.7. The molecular weight excluding hydrogens is 426 g/mol. The van der Waals surface area contributed by atoms with Crippen LogP contribution in [0.15, 0.2) is 28.7 Å². The number of methoxy groups -OCH3 is 1. The number of benzene rings is 2. The summed E-state index contributed by atoms with van der Waals surface area (Å²) in [5.74, 6) is 1.76. The molecule has 2 aromatic carbocycles. The van der Waals surface area contributed by atoms with E-state index < -0.39 is 0 Å². The Bertz CT molecular complexity index is 843. The van der Waals surface area contributed by atoms with Gasteiger partial charge in [0, 0.05) is 17.7 Å². The van der Waals surface area contributed by atoms with Crippen molar-refractivity contribution in [2.24, 2.45) is 0 Å². The van der Waals surface area contributed by atoms with E-state index in [9.17, 15) is 4.79 Å². The van der Waals surface area contributed by atoms with Gasteiger partial charge < -0.3 is 24.3 Å². The van der Waals surface area contributed by atoms with Gasteiger partial charge in [0.05, 0.1) is 28.9 Å². The minimum atomic E-state index is -0.342. The molecule has 0 aromatic heterocycles. The van der Waals surface area contributed by atoms with E-state index in [1.807, 2.05) is 6.92 Å². The van der Waals surface area contributed by atoms with Crippen LogP contribution in [0.4, 0.5) is 5.69 Å². The van der Waals surface area contributed by atoms with Crippen LogP contribution < -0.4 is 24.3 Å². The van der Waals surface area contributed by atoms with Crippen molar-refractivity contribution in [3.8, 4) is 23.0 Å². The molecule has 0 spiro atoms. The first-order valence-corrected chi connectivity index (χ1v) is 9.11. The molecule has 1 N–H and O–H groups in total. The molecule has 0 bridgehead atoms. The molecule has 0 unspecified atom stereocenters. The summed E-state index contributed by atoms with van der Waals surface area (Å²) in [5, 5.41) is 3.14. The molecule has 8 heteroatoms. The van der Waals surface area contributed by atoms with Crippen LogP contribution in [0, 0.1) is 0 Å². The third kappa shape index (κ3) is 3.83. The fourth-order valence-electron chi connectivity index (χ4n) is 2.49. The summed E-state index contributed by atoms with van der Waals surface area (Å²) >= 11 is 9.65. The second-order valence-corrected chi connectivity index (χ2v) is 6.61. The molecule has 138 valence electrons. The third-order valence-electron chi connectivity index (χ3n) is 3.66. The molecule has 1 aliphatic heterocycles. The lowest BCUT2D eigenvalue weighted by Crippen LogP contribution is -2.17. The van der Waals surface area contributed by atoms with Crippen molar-refractivity contribution in [2.75, 3.05) is 32.2 Å². The first-order chi connectivity index (χ1) is 12.5. The van der Waals surface area contributed by atoms with Gasteiger partial charge >= 0.3 is 0 Å². The van der Waals surface area contributed by atoms with E-state index in [1.54, 1.807) is 24.3 Å². The number of carbonyl (C=O) groups is 1. The van der Waals surface area contributed by atoms with Gasteiger partial charge in [-0.2, -0.15) is 0 Å². The quantitative estimate of drug-likeness (QED) is 0.737. The highest BCUT2D eigenvalue weighted by molar-refractivity contribution is 9.10. The van der Waals surface area contributed by atoms with E-state index in [0.29, 0.717) is 63.6 Å². The zero-order valence-electron chi connectivity index (χ0n) is 14.2. The Labute approximate surface area is 164 Å². The van der Waals surface area contributed by atoms with Crippen LogP contribution in [-0.2, 0) is 0 Å². The third-order valence-corrected chi connectivity index (χ3v) is 4.56. The summed E-state index contributed by atoms with van der Waals surface area (Å²) < 4.78 is 22.5. The fourth-order valence-corrected chi connectivity index (χ4v) is 3.25. The lowest BCUT2D eigenvalue weighted by Gasteiger charge is -2.20. The average Bonchev–Trinajstić information content (AvgIpc) is 2.63. The minimum absolute atomic E-state index is 0.342. The van der Waals surface area contributed by atoms with E-state index in [-0.39, 0.29) is 5.91 Å². The second-order valence-electron chi connectivity index (χ2n) is 5.35. The smallest absolute Gasteiger partial charge is 0.255 e. The summed E-state index contributed by atoms with van der Waals surface area (Å²) in [6, 6.07) is 6.54. The maximum Gasteiger partial charge on any atom is 0.255 e. The highest BCUT2D eigenvalue weighted by Crippen LogP contribution is 2.39. The Hall–Kier alpha value is -2.12. The second kappa shape index (κ2) is 8.05. The van der Waals surface area contributed by atoms with Crippen LogP contribution in [-0.4, -0.2) is 32.8 Å². The van der Waals surface area contributed by atoms with Crippen LogP contribution in [0.5, 0.6) is 23.0 Å². The molecule has 0 saturated carbocycles. The summed E-state index contributed by atoms with van der Waals surface area (Å²) in [4.78, 5) is 12.7. The summed E-state index contributed by atoms with van der Waals surface area (Å²) in [6.07, 6.45) is 0. The SMILES string of the molecule is CCOc1c(Br)cc(C(=O)Nc2cc3c(cc2Cl)OCCO3)cc1OC. The number of ether oxygens (including phenoxy) is 4. The van der Waals surface area contributed by atoms with Crippen LogP contribution in [0.1, 0.15) is 17.3 Å². The zero-order valence-corrected chi connectivity index (χ0v) is 16.6. The number of hydrogen-bond donors (Lipinski definition) is 1. The number of nitrogens with one attached hydrogen (secondary N) is 1. The molecule has 3 rings (SSSR count). The molecule has 0 fully saturated rings. The van der Waals surface area contributed by atoms with E-state index in [4.69, 9.17) is 30.5 Å². The van der Waals surface area contributed by atoms with Gasteiger partial charge in [0.2, 0.25) is 0 Å². The normalized spacial score (nSPS) is 12.5. The lowest BCUT2D eigenvalue weighted by molar-refractivity contribution is 0.102.